The van der Waals surface area contributed by atoms with E-state index in [1.165, 1.54) is 25.7 Å². The Labute approximate surface area is 154 Å². The van der Waals surface area contributed by atoms with Gasteiger partial charge < -0.3 is 20.3 Å². The SMILES string of the molecule is Cc1cnc(Nc2ccc3c(c2)C(C)(C)OB3O)nc1NC1CCCC1. The number of aromatic nitrogens is 2. The lowest BCUT2D eigenvalue weighted by molar-refractivity contribution is 0.101. The van der Waals surface area contributed by atoms with Crippen molar-refractivity contribution < 1.29 is 9.68 Å². The van der Waals surface area contributed by atoms with Crippen LogP contribution < -0.4 is 16.1 Å². The summed E-state index contributed by atoms with van der Waals surface area (Å²) in [6.07, 6.45) is 6.82. The van der Waals surface area contributed by atoms with Crippen LogP contribution in [0.2, 0.25) is 0 Å². The lowest BCUT2D eigenvalue weighted by Crippen LogP contribution is -2.28. The fraction of sp³-hybridized carbons (Fsp3) is 0.474. The molecule has 7 heteroatoms. The molecule has 4 rings (SSSR count). The Bertz CT molecular complexity index is 821. The van der Waals surface area contributed by atoms with Crippen LogP contribution in [0.4, 0.5) is 17.5 Å². The second-order valence-electron chi connectivity index (χ2n) is 7.76. The van der Waals surface area contributed by atoms with Gasteiger partial charge in [-0.2, -0.15) is 4.98 Å². The lowest BCUT2D eigenvalue weighted by Gasteiger charge is -2.20. The highest BCUT2D eigenvalue weighted by molar-refractivity contribution is 6.62. The Morgan fingerprint density at radius 3 is 2.81 bits per heavy atom. The van der Waals surface area contributed by atoms with Crippen molar-refractivity contribution in [1.29, 1.82) is 0 Å². The van der Waals surface area contributed by atoms with Crippen molar-refractivity contribution in [2.45, 2.75) is 58.1 Å². The molecule has 2 heterocycles. The summed E-state index contributed by atoms with van der Waals surface area (Å²) < 4.78 is 5.62. The summed E-state index contributed by atoms with van der Waals surface area (Å²) in [6, 6.07) is 6.32. The van der Waals surface area contributed by atoms with E-state index >= 15 is 0 Å². The average molecular weight is 352 g/mol. The number of nitrogens with zero attached hydrogens (tertiary/aromatic N) is 2. The Balaban J connectivity index is 1.56. The second kappa shape index (κ2) is 6.56. The topological polar surface area (TPSA) is 79.3 Å². The van der Waals surface area contributed by atoms with Gasteiger partial charge in [-0.05, 0) is 56.8 Å². The Kier molecular flexibility index (Phi) is 4.36. The van der Waals surface area contributed by atoms with Crippen molar-refractivity contribution in [3.63, 3.8) is 0 Å². The molecular weight excluding hydrogens is 327 g/mol. The summed E-state index contributed by atoms with van der Waals surface area (Å²) in [7, 11) is -0.869. The van der Waals surface area contributed by atoms with Gasteiger partial charge in [0.2, 0.25) is 5.95 Å². The molecule has 0 amide bonds. The molecule has 0 bridgehead atoms. The van der Waals surface area contributed by atoms with Crippen LogP contribution in [0.15, 0.2) is 24.4 Å². The standard InChI is InChI=1S/C19H25BN4O2/c1-12-11-21-18(24-17(12)22-13-6-4-5-7-13)23-14-8-9-16-15(10-14)19(2,3)26-20(16)25/h8-11,13,25H,4-7H2,1-3H3,(H2,21,22,23,24). The van der Waals surface area contributed by atoms with Gasteiger partial charge in [0.1, 0.15) is 5.82 Å². The maximum absolute atomic E-state index is 10.0. The smallest absolute Gasteiger partial charge is 0.423 e. The average Bonchev–Trinajstić information content (AvgIpc) is 3.17. The van der Waals surface area contributed by atoms with E-state index in [-0.39, 0.29) is 0 Å². The van der Waals surface area contributed by atoms with Gasteiger partial charge in [-0.15, -0.1) is 0 Å². The van der Waals surface area contributed by atoms with E-state index in [4.69, 9.17) is 4.65 Å². The van der Waals surface area contributed by atoms with E-state index < -0.39 is 12.7 Å². The van der Waals surface area contributed by atoms with E-state index in [1.807, 2.05) is 45.2 Å². The van der Waals surface area contributed by atoms with Crippen LogP contribution in [0.3, 0.4) is 0 Å². The monoisotopic (exact) mass is 352 g/mol. The normalized spacial score (nSPS) is 18.8. The molecule has 6 nitrogen and oxygen atoms in total. The highest BCUT2D eigenvalue weighted by Crippen LogP contribution is 2.32. The molecule has 26 heavy (non-hydrogen) atoms. The predicted molar refractivity (Wildman–Crippen MR) is 104 cm³/mol. The van der Waals surface area contributed by atoms with Crippen LogP contribution in [0.25, 0.3) is 0 Å². The molecule has 0 unspecified atom stereocenters. The van der Waals surface area contributed by atoms with Crippen molar-refractivity contribution in [3.8, 4) is 0 Å². The van der Waals surface area contributed by atoms with E-state index in [0.29, 0.717) is 12.0 Å². The predicted octanol–water partition coefficient (Wildman–Crippen LogP) is 2.84. The van der Waals surface area contributed by atoms with Crippen molar-refractivity contribution in [2.24, 2.45) is 0 Å². The molecule has 2 aliphatic rings. The first kappa shape index (κ1) is 17.3. The minimum absolute atomic E-state index is 0.510. The Morgan fingerprint density at radius 1 is 1.27 bits per heavy atom. The summed E-state index contributed by atoms with van der Waals surface area (Å²) in [5.41, 5.74) is 3.20. The van der Waals surface area contributed by atoms with Gasteiger partial charge in [0, 0.05) is 23.5 Å². The molecule has 1 aromatic heterocycles. The minimum atomic E-state index is -0.869. The third kappa shape index (κ3) is 3.29. The quantitative estimate of drug-likeness (QED) is 0.735. The summed E-state index contributed by atoms with van der Waals surface area (Å²) in [6.45, 7) is 5.94. The molecule has 1 aromatic carbocycles. The number of aryl methyl sites for hydroxylation is 1. The molecule has 1 aliphatic carbocycles. The highest BCUT2D eigenvalue weighted by atomic mass is 16.5. The van der Waals surface area contributed by atoms with Crippen LogP contribution in [0, 0.1) is 6.92 Å². The first-order valence-corrected chi connectivity index (χ1v) is 9.30. The molecule has 0 saturated heterocycles. The van der Waals surface area contributed by atoms with Gasteiger partial charge >= 0.3 is 7.12 Å². The number of anilines is 3. The van der Waals surface area contributed by atoms with Crippen molar-refractivity contribution >= 4 is 30.0 Å². The number of benzene rings is 1. The molecule has 1 fully saturated rings. The molecule has 3 N–H and O–H groups in total. The van der Waals surface area contributed by atoms with E-state index in [2.05, 4.69) is 20.6 Å². The molecule has 1 aliphatic heterocycles. The number of fused-ring (bicyclic) bond motifs is 1. The largest absolute Gasteiger partial charge is 0.492 e. The van der Waals surface area contributed by atoms with Gasteiger partial charge in [0.25, 0.3) is 0 Å². The number of rotatable bonds is 4. The minimum Gasteiger partial charge on any atom is -0.423 e. The van der Waals surface area contributed by atoms with Crippen LogP contribution in [0.1, 0.15) is 50.7 Å². The molecule has 136 valence electrons. The maximum atomic E-state index is 10.0. The molecule has 0 atom stereocenters. The van der Waals surface area contributed by atoms with E-state index in [1.54, 1.807) is 0 Å². The lowest BCUT2D eigenvalue weighted by atomic mass is 9.78. The van der Waals surface area contributed by atoms with Crippen LogP contribution >= 0.6 is 0 Å². The fourth-order valence-corrected chi connectivity index (χ4v) is 3.82. The molecular formula is C19H25BN4O2. The first-order chi connectivity index (χ1) is 12.4. The van der Waals surface area contributed by atoms with Crippen LogP contribution in [0.5, 0.6) is 0 Å². The Morgan fingerprint density at radius 2 is 2.04 bits per heavy atom. The van der Waals surface area contributed by atoms with Crippen LogP contribution in [-0.4, -0.2) is 28.2 Å². The zero-order valence-electron chi connectivity index (χ0n) is 15.5. The van der Waals surface area contributed by atoms with Crippen molar-refractivity contribution in [1.82, 2.24) is 9.97 Å². The zero-order valence-corrected chi connectivity index (χ0v) is 15.5. The van der Waals surface area contributed by atoms with Crippen LogP contribution in [-0.2, 0) is 10.3 Å². The number of hydrogen-bond donors (Lipinski definition) is 3. The maximum Gasteiger partial charge on any atom is 0.492 e. The molecule has 1 saturated carbocycles. The third-order valence-corrected chi connectivity index (χ3v) is 5.30. The number of nitrogens with one attached hydrogen (secondary N) is 2. The van der Waals surface area contributed by atoms with Crippen molar-refractivity contribution in [2.75, 3.05) is 10.6 Å². The van der Waals surface area contributed by atoms with Crippen molar-refractivity contribution in [3.05, 3.63) is 35.5 Å². The molecule has 0 radical (unpaired) electrons. The molecule has 2 aromatic rings. The highest BCUT2D eigenvalue weighted by Gasteiger charge is 2.40. The fourth-order valence-electron chi connectivity index (χ4n) is 3.82. The van der Waals surface area contributed by atoms with E-state index in [9.17, 15) is 5.02 Å². The van der Waals surface area contributed by atoms with Gasteiger partial charge in [-0.3, -0.25) is 0 Å². The zero-order chi connectivity index (χ0) is 18.3. The Hall–Kier alpha value is -2.12. The van der Waals surface area contributed by atoms with Gasteiger partial charge in [0.05, 0.1) is 5.60 Å². The second-order valence-corrected chi connectivity index (χ2v) is 7.76. The summed E-state index contributed by atoms with van der Waals surface area (Å²) in [5, 5.41) is 16.9. The van der Waals surface area contributed by atoms with E-state index in [0.717, 1.165) is 28.1 Å². The molecule has 0 spiro atoms. The summed E-state index contributed by atoms with van der Waals surface area (Å²) in [5.74, 6) is 1.46. The third-order valence-electron chi connectivity index (χ3n) is 5.30. The van der Waals surface area contributed by atoms with Gasteiger partial charge in [0.15, 0.2) is 0 Å². The van der Waals surface area contributed by atoms with Gasteiger partial charge in [-0.25, -0.2) is 4.98 Å². The first-order valence-electron chi connectivity index (χ1n) is 9.30. The summed E-state index contributed by atoms with van der Waals surface area (Å²) in [4.78, 5) is 9.07. The summed E-state index contributed by atoms with van der Waals surface area (Å²) >= 11 is 0. The van der Waals surface area contributed by atoms with Gasteiger partial charge in [-0.1, -0.05) is 18.9 Å². The number of hydrogen-bond acceptors (Lipinski definition) is 6.